The van der Waals surface area contributed by atoms with Gasteiger partial charge in [0.15, 0.2) is 0 Å². The molecule has 0 saturated heterocycles. The van der Waals surface area contributed by atoms with E-state index in [4.69, 9.17) is 4.74 Å². The molecule has 0 aromatic carbocycles. The first-order chi connectivity index (χ1) is 8.67. The number of hydrogen-bond donors (Lipinski definition) is 1. The number of imidazole rings is 1. The van der Waals surface area contributed by atoms with E-state index in [1.54, 1.807) is 25.7 Å². The lowest BCUT2D eigenvalue weighted by Crippen LogP contribution is -2.22. The average molecular weight is 247 g/mol. The van der Waals surface area contributed by atoms with Crippen LogP contribution < -0.4 is 10.1 Å². The molecule has 18 heavy (non-hydrogen) atoms. The third-order valence-corrected chi connectivity index (χ3v) is 2.46. The number of hydrogen-bond acceptors (Lipinski definition) is 5. The molecule has 1 N–H and O–H groups in total. The van der Waals surface area contributed by atoms with Crippen LogP contribution in [0.3, 0.4) is 0 Å². The van der Waals surface area contributed by atoms with Gasteiger partial charge in [0.25, 0.3) is 0 Å². The van der Waals surface area contributed by atoms with Crippen LogP contribution in [-0.4, -0.2) is 32.7 Å². The van der Waals surface area contributed by atoms with Crippen LogP contribution in [0.4, 0.5) is 5.95 Å². The summed E-state index contributed by atoms with van der Waals surface area (Å²) in [5.74, 6) is 1.15. The molecular weight excluding hydrogens is 230 g/mol. The van der Waals surface area contributed by atoms with E-state index in [1.807, 2.05) is 17.7 Å². The fraction of sp³-hybridized carbons (Fsp3) is 0.417. The molecule has 6 heteroatoms. The van der Waals surface area contributed by atoms with Gasteiger partial charge >= 0.3 is 0 Å². The molecule has 0 amide bonds. The van der Waals surface area contributed by atoms with Crippen LogP contribution >= 0.6 is 0 Å². The van der Waals surface area contributed by atoms with E-state index >= 15 is 0 Å². The molecule has 1 atom stereocenters. The maximum atomic E-state index is 5.12. The molecular formula is C12H17N5O. The maximum absolute atomic E-state index is 5.12. The lowest BCUT2D eigenvalue weighted by atomic mass is 10.3. The Kier molecular flexibility index (Phi) is 3.76. The predicted octanol–water partition coefficient (Wildman–Crippen LogP) is 1.49. The van der Waals surface area contributed by atoms with Crippen molar-refractivity contribution in [2.45, 2.75) is 26.4 Å². The first-order valence-corrected chi connectivity index (χ1v) is 5.79. The van der Waals surface area contributed by atoms with Gasteiger partial charge in [0, 0.05) is 36.7 Å². The number of methoxy groups -OCH3 is 1. The molecule has 0 aliphatic carbocycles. The van der Waals surface area contributed by atoms with E-state index in [2.05, 4.69) is 27.2 Å². The zero-order valence-corrected chi connectivity index (χ0v) is 10.8. The van der Waals surface area contributed by atoms with Crippen molar-refractivity contribution in [2.24, 2.45) is 0 Å². The Bertz CT molecular complexity index is 497. The Morgan fingerprint density at radius 2 is 2.28 bits per heavy atom. The van der Waals surface area contributed by atoms with E-state index < -0.39 is 0 Å². The van der Waals surface area contributed by atoms with E-state index in [0.717, 1.165) is 12.2 Å². The summed E-state index contributed by atoms with van der Waals surface area (Å²) < 4.78 is 7.12. The molecule has 6 nitrogen and oxygen atoms in total. The number of aromatic nitrogens is 4. The third kappa shape index (κ3) is 3.19. The minimum Gasteiger partial charge on any atom is -0.481 e. The van der Waals surface area contributed by atoms with Crippen molar-refractivity contribution in [3.8, 4) is 5.88 Å². The minimum atomic E-state index is 0.200. The maximum Gasteiger partial charge on any atom is 0.226 e. The van der Waals surface area contributed by atoms with Crippen LogP contribution in [0, 0.1) is 6.92 Å². The smallest absolute Gasteiger partial charge is 0.226 e. The lowest BCUT2D eigenvalue weighted by molar-refractivity contribution is 0.396. The highest BCUT2D eigenvalue weighted by molar-refractivity contribution is 5.31. The number of aryl methyl sites for hydroxylation is 1. The second-order valence-corrected chi connectivity index (χ2v) is 4.18. The van der Waals surface area contributed by atoms with Crippen LogP contribution in [0.15, 0.2) is 24.8 Å². The molecule has 2 aromatic rings. The summed E-state index contributed by atoms with van der Waals surface area (Å²) in [4.78, 5) is 12.6. The monoisotopic (exact) mass is 247 g/mol. The van der Waals surface area contributed by atoms with E-state index in [-0.39, 0.29) is 6.04 Å². The predicted molar refractivity (Wildman–Crippen MR) is 68.6 cm³/mol. The number of nitrogens with one attached hydrogen (secondary N) is 1. The topological polar surface area (TPSA) is 64.9 Å². The highest BCUT2D eigenvalue weighted by atomic mass is 16.5. The van der Waals surface area contributed by atoms with E-state index in [1.165, 1.54) is 0 Å². The molecule has 0 spiro atoms. The Morgan fingerprint density at radius 3 is 2.94 bits per heavy atom. The van der Waals surface area contributed by atoms with Crippen molar-refractivity contribution in [3.05, 3.63) is 30.5 Å². The summed E-state index contributed by atoms with van der Waals surface area (Å²) in [7, 11) is 1.60. The van der Waals surface area contributed by atoms with Crippen LogP contribution in [-0.2, 0) is 6.54 Å². The van der Waals surface area contributed by atoms with Crippen LogP contribution in [0.2, 0.25) is 0 Å². The number of ether oxygens (including phenoxy) is 1. The van der Waals surface area contributed by atoms with Crippen molar-refractivity contribution in [2.75, 3.05) is 12.4 Å². The molecule has 0 aliphatic rings. The highest BCUT2D eigenvalue weighted by Crippen LogP contribution is 2.12. The van der Waals surface area contributed by atoms with Gasteiger partial charge in [0.2, 0.25) is 11.8 Å². The summed E-state index contributed by atoms with van der Waals surface area (Å²) >= 11 is 0. The molecule has 2 rings (SSSR count). The van der Waals surface area contributed by atoms with Crippen molar-refractivity contribution >= 4 is 5.95 Å². The second kappa shape index (κ2) is 5.48. The van der Waals surface area contributed by atoms with E-state index in [9.17, 15) is 0 Å². The lowest BCUT2D eigenvalue weighted by Gasteiger charge is -2.15. The fourth-order valence-corrected chi connectivity index (χ4v) is 1.69. The summed E-state index contributed by atoms with van der Waals surface area (Å²) in [5.41, 5.74) is 0.874. The third-order valence-electron chi connectivity index (χ3n) is 2.46. The Balaban J connectivity index is 2.02. The largest absolute Gasteiger partial charge is 0.481 e. The highest BCUT2D eigenvalue weighted by Gasteiger charge is 2.07. The van der Waals surface area contributed by atoms with Gasteiger partial charge in [-0.1, -0.05) is 0 Å². The minimum absolute atomic E-state index is 0.200. The molecule has 0 radical (unpaired) electrons. The Labute approximate surface area is 106 Å². The molecule has 1 unspecified atom stereocenters. The zero-order valence-electron chi connectivity index (χ0n) is 10.8. The summed E-state index contributed by atoms with van der Waals surface area (Å²) in [6.07, 6.45) is 5.48. The van der Waals surface area contributed by atoms with Gasteiger partial charge in [0.05, 0.1) is 13.4 Å². The quantitative estimate of drug-likeness (QED) is 0.867. The van der Waals surface area contributed by atoms with Gasteiger partial charge in [-0.05, 0) is 13.8 Å². The standard InChI is InChI=1S/C12H17N5O/c1-9-6-11(18-3)16-12(14-9)15-10(2)7-17-5-4-13-8-17/h4-6,8,10H,7H2,1-3H3,(H,14,15,16). The van der Waals surface area contributed by atoms with Crippen molar-refractivity contribution in [3.63, 3.8) is 0 Å². The van der Waals surface area contributed by atoms with Gasteiger partial charge in [-0.2, -0.15) is 4.98 Å². The number of rotatable bonds is 5. The van der Waals surface area contributed by atoms with Gasteiger partial charge in [-0.25, -0.2) is 9.97 Å². The molecule has 0 aliphatic heterocycles. The van der Waals surface area contributed by atoms with Crippen molar-refractivity contribution in [1.29, 1.82) is 0 Å². The van der Waals surface area contributed by atoms with Crippen LogP contribution in [0.5, 0.6) is 5.88 Å². The van der Waals surface area contributed by atoms with Gasteiger partial charge in [-0.3, -0.25) is 0 Å². The van der Waals surface area contributed by atoms with Gasteiger partial charge in [-0.15, -0.1) is 0 Å². The SMILES string of the molecule is COc1cc(C)nc(NC(C)Cn2ccnc2)n1. The number of anilines is 1. The van der Waals surface area contributed by atoms with Crippen molar-refractivity contribution in [1.82, 2.24) is 19.5 Å². The molecule has 2 aromatic heterocycles. The zero-order chi connectivity index (χ0) is 13.0. The average Bonchev–Trinajstić information content (AvgIpc) is 2.80. The molecule has 0 fully saturated rings. The molecule has 0 saturated carbocycles. The molecule has 2 heterocycles. The summed E-state index contributed by atoms with van der Waals surface area (Å²) in [6.45, 7) is 4.79. The molecule has 96 valence electrons. The van der Waals surface area contributed by atoms with Gasteiger partial charge < -0.3 is 14.6 Å². The second-order valence-electron chi connectivity index (χ2n) is 4.18. The van der Waals surface area contributed by atoms with Crippen molar-refractivity contribution < 1.29 is 4.74 Å². The first-order valence-electron chi connectivity index (χ1n) is 5.79. The first kappa shape index (κ1) is 12.3. The normalized spacial score (nSPS) is 12.2. The fourth-order valence-electron chi connectivity index (χ4n) is 1.69. The van der Waals surface area contributed by atoms with E-state index in [0.29, 0.717) is 11.8 Å². The van der Waals surface area contributed by atoms with Crippen LogP contribution in [0.1, 0.15) is 12.6 Å². The van der Waals surface area contributed by atoms with Crippen LogP contribution in [0.25, 0.3) is 0 Å². The van der Waals surface area contributed by atoms with Gasteiger partial charge in [0.1, 0.15) is 0 Å². The Hall–Kier alpha value is -2.11. The Morgan fingerprint density at radius 1 is 1.44 bits per heavy atom. The number of nitrogens with zero attached hydrogens (tertiary/aromatic N) is 4. The molecule has 0 bridgehead atoms. The summed E-state index contributed by atoms with van der Waals surface area (Å²) in [6, 6.07) is 2.00. The summed E-state index contributed by atoms with van der Waals surface area (Å²) in [5, 5.41) is 3.24.